The zero-order valence-corrected chi connectivity index (χ0v) is 14.9. The summed E-state index contributed by atoms with van der Waals surface area (Å²) in [6.45, 7) is 4.73. The molecule has 1 aliphatic rings. The number of nitrogens with zero attached hydrogens (tertiary/aromatic N) is 3. The number of aromatic nitrogens is 2. The average Bonchev–Trinajstić information content (AvgIpc) is 3.07. The number of ether oxygens (including phenoxy) is 1. The van der Waals surface area contributed by atoms with Gasteiger partial charge in [0.05, 0.1) is 5.69 Å². The van der Waals surface area contributed by atoms with Gasteiger partial charge in [0, 0.05) is 58.2 Å². The van der Waals surface area contributed by atoms with Gasteiger partial charge >= 0.3 is 0 Å². The molecular weight excluding hydrogens is 316 g/mol. The highest BCUT2D eigenvalue weighted by atomic mass is 16.5. The molecule has 134 valence electrons. The van der Waals surface area contributed by atoms with Crippen molar-refractivity contribution in [1.29, 1.82) is 0 Å². The molecule has 2 aromatic rings. The molecule has 3 rings (SSSR count). The fraction of sp³-hybridized carbons (Fsp3) is 0.474. The Morgan fingerprint density at radius 2 is 2.20 bits per heavy atom. The van der Waals surface area contributed by atoms with Crippen LogP contribution in [-0.4, -0.2) is 35.9 Å². The van der Waals surface area contributed by atoms with E-state index in [2.05, 4.69) is 22.5 Å². The van der Waals surface area contributed by atoms with Crippen LogP contribution in [0.4, 0.5) is 5.69 Å². The summed E-state index contributed by atoms with van der Waals surface area (Å²) in [5, 5.41) is 8.04. The van der Waals surface area contributed by atoms with Gasteiger partial charge in [0.15, 0.2) is 0 Å². The minimum Gasteiger partial charge on any atom is -0.385 e. The minimum absolute atomic E-state index is 0.0992. The molecule has 25 heavy (non-hydrogen) atoms. The van der Waals surface area contributed by atoms with Crippen LogP contribution in [0.1, 0.15) is 37.1 Å². The quantitative estimate of drug-likeness (QED) is 0.786. The smallest absolute Gasteiger partial charge is 0.223 e. The van der Waals surface area contributed by atoms with Crippen molar-refractivity contribution in [2.24, 2.45) is 0 Å². The van der Waals surface area contributed by atoms with Crippen molar-refractivity contribution in [1.82, 2.24) is 15.1 Å². The van der Waals surface area contributed by atoms with Gasteiger partial charge in [-0.2, -0.15) is 5.10 Å². The van der Waals surface area contributed by atoms with Gasteiger partial charge in [-0.15, -0.1) is 0 Å². The van der Waals surface area contributed by atoms with Gasteiger partial charge < -0.3 is 15.0 Å². The zero-order valence-electron chi connectivity index (χ0n) is 14.9. The van der Waals surface area contributed by atoms with Gasteiger partial charge in [0.2, 0.25) is 5.91 Å². The first-order valence-electron chi connectivity index (χ1n) is 8.80. The van der Waals surface area contributed by atoms with Crippen molar-refractivity contribution in [2.75, 3.05) is 25.2 Å². The van der Waals surface area contributed by atoms with Crippen LogP contribution in [0.2, 0.25) is 0 Å². The number of carbonyl (C=O) groups excluding carboxylic acids is 1. The van der Waals surface area contributed by atoms with Crippen molar-refractivity contribution < 1.29 is 9.53 Å². The number of carbonyl (C=O) groups is 1. The van der Waals surface area contributed by atoms with E-state index in [4.69, 9.17) is 4.74 Å². The highest BCUT2D eigenvalue weighted by molar-refractivity contribution is 5.92. The van der Waals surface area contributed by atoms with Gasteiger partial charge in [-0.25, -0.2) is 0 Å². The minimum atomic E-state index is 0.0992. The molecule has 0 bridgehead atoms. The molecule has 0 aliphatic carbocycles. The lowest BCUT2D eigenvalue weighted by Gasteiger charge is -2.34. The lowest BCUT2D eigenvalue weighted by molar-refractivity contribution is -0.116. The molecule has 6 nitrogen and oxygen atoms in total. The number of methoxy groups -OCH3 is 1. The molecule has 1 aliphatic heterocycles. The zero-order chi connectivity index (χ0) is 17.6. The van der Waals surface area contributed by atoms with Gasteiger partial charge in [-0.3, -0.25) is 9.48 Å². The highest BCUT2D eigenvalue weighted by Gasteiger charge is 2.26. The first-order valence-corrected chi connectivity index (χ1v) is 8.80. The van der Waals surface area contributed by atoms with E-state index in [1.54, 1.807) is 14.0 Å². The molecule has 2 heterocycles. The Balaban J connectivity index is 1.67. The second-order valence-electron chi connectivity index (χ2n) is 6.34. The second kappa shape index (κ2) is 8.27. The summed E-state index contributed by atoms with van der Waals surface area (Å²) in [4.78, 5) is 13.7. The molecule has 1 unspecified atom stereocenters. The Bertz CT molecular complexity index is 713. The topological polar surface area (TPSA) is 59.4 Å². The number of nitrogens with one attached hydrogen (secondary N) is 1. The summed E-state index contributed by atoms with van der Waals surface area (Å²) >= 11 is 0. The van der Waals surface area contributed by atoms with Crippen LogP contribution in [-0.2, 0) is 22.6 Å². The van der Waals surface area contributed by atoms with E-state index in [1.807, 2.05) is 34.0 Å². The van der Waals surface area contributed by atoms with Crippen LogP contribution < -0.4 is 10.2 Å². The molecule has 6 heteroatoms. The second-order valence-corrected chi connectivity index (χ2v) is 6.34. The van der Waals surface area contributed by atoms with Crippen molar-refractivity contribution in [2.45, 2.75) is 38.9 Å². The van der Waals surface area contributed by atoms with E-state index in [0.717, 1.165) is 44.8 Å². The van der Waals surface area contributed by atoms with Crippen LogP contribution in [0, 0.1) is 0 Å². The molecule has 0 fully saturated rings. The van der Waals surface area contributed by atoms with Gasteiger partial charge in [0.1, 0.15) is 0 Å². The number of amides is 1. The van der Waals surface area contributed by atoms with Crippen molar-refractivity contribution in [3.05, 3.63) is 47.8 Å². The van der Waals surface area contributed by atoms with Crippen molar-refractivity contribution >= 4 is 11.6 Å². The third kappa shape index (κ3) is 4.08. The maximum absolute atomic E-state index is 11.9. The predicted octanol–water partition coefficient (Wildman–Crippen LogP) is 2.51. The van der Waals surface area contributed by atoms with E-state index in [0.29, 0.717) is 0 Å². The third-order valence-electron chi connectivity index (χ3n) is 4.68. The van der Waals surface area contributed by atoms with Crippen LogP contribution in [0.5, 0.6) is 0 Å². The highest BCUT2D eigenvalue weighted by Crippen LogP contribution is 2.33. The third-order valence-corrected chi connectivity index (χ3v) is 4.68. The molecule has 1 N–H and O–H groups in total. The Labute approximate surface area is 148 Å². The number of para-hydroxylation sites is 1. The summed E-state index contributed by atoms with van der Waals surface area (Å²) in [7, 11) is 1.72. The molecule has 1 aromatic heterocycles. The Morgan fingerprint density at radius 3 is 3.00 bits per heavy atom. The lowest BCUT2D eigenvalue weighted by Crippen LogP contribution is -2.38. The van der Waals surface area contributed by atoms with E-state index in [-0.39, 0.29) is 11.9 Å². The number of fused-ring (bicyclic) bond motifs is 1. The molecule has 0 spiro atoms. The fourth-order valence-corrected chi connectivity index (χ4v) is 3.40. The summed E-state index contributed by atoms with van der Waals surface area (Å²) in [5.74, 6) is 0.0992. The largest absolute Gasteiger partial charge is 0.385 e. The number of anilines is 1. The standard InChI is InChI=1S/C19H26N4O2/c1-15(24)22-12-9-18(17-6-3-4-7-19(17)22)20-14-16-8-10-21-23(16)11-5-13-25-2/h3-4,6-8,10,18,20H,5,9,11-14H2,1-2H3. The number of benzene rings is 1. The molecule has 1 aromatic carbocycles. The van der Waals surface area contributed by atoms with E-state index in [1.165, 1.54) is 11.3 Å². The Morgan fingerprint density at radius 1 is 1.36 bits per heavy atom. The lowest BCUT2D eigenvalue weighted by atomic mass is 9.96. The molecule has 0 saturated carbocycles. The summed E-state index contributed by atoms with van der Waals surface area (Å²) < 4.78 is 7.15. The summed E-state index contributed by atoms with van der Waals surface area (Å²) in [5.41, 5.74) is 3.38. The van der Waals surface area contributed by atoms with E-state index in [9.17, 15) is 4.79 Å². The van der Waals surface area contributed by atoms with Crippen LogP contribution in [0.3, 0.4) is 0 Å². The average molecular weight is 342 g/mol. The maximum atomic E-state index is 11.9. The first-order chi connectivity index (χ1) is 12.2. The number of aryl methyl sites for hydroxylation is 1. The number of hydrogen-bond donors (Lipinski definition) is 1. The summed E-state index contributed by atoms with van der Waals surface area (Å²) in [6, 6.07) is 10.5. The molecule has 1 atom stereocenters. The van der Waals surface area contributed by atoms with Crippen LogP contribution >= 0.6 is 0 Å². The fourth-order valence-electron chi connectivity index (χ4n) is 3.40. The monoisotopic (exact) mass is 342 g/mol. The maximum Gasteiger partial charge on any atom is 0.223 e. The van der Waals surface area contributed by atoms with Gasteiger partial charge in [-0.1, -0.05) is 18.2 Å². The number of rotatable bonds is 7. The number of hydrogen-bond acceptors (Lipinski definition) is 4. The SMILES string of the molecule is COCCCn1nccc1CNC1CCN(C(C)=O)c2ccccc21. The first kappa shape index (κ1) is 17.6. The van der Waals surface area contributed by atoms with Crippen molar-refractivity contribution in [3.63, 3.8) is 0 Å². The molecular formula is C19H26N4O2. The van der Waals surface area contributed by atoms with Gasteiger partial charge in [0.25, 0.3) is 0 Å². The van der Waals surface area contributed by atoms with Gasteiger partial charge in [-0.05, 0) is 30.5 Å². The molecule has 0 saturated heterocycles. The Hall–Kier alpha value is -2.18. The van der Waals surface area contributed by atoms with E-state index < -0.39 is 0 Å². The Kier molecular flexibility index (Phi) is 5.83. The molecule has 1 amide bonds. The van der Waals surface area contributed by atoms with Crippen LogP contribution in [0.25, 0.3) is 0 Å². The van der Waals surface area contributed by atoms with Crippen LogP contribution in [0.15, 0.2) is 36.5 Å². The normalized spacial score (nSPS) is 16.7. The van der Waals surface area contributed by atoms with Crippen molar-refractivity contribution in [3.8, 4) is 0 Å². The van der Waals surface area contributed by atoms with E-state index >= 15 is 0 Å². The molecule has 0 radical (unpaired) electrons. The summed E-state index contributed by atoms with van der Waals surface area (Å²) in [6.07, 6.45) is 3.70. The predicted molar refractivity (Wildman–Crippen MR) is 97.4 cm³/mol.